The van der Waals surface area contributed by atoms with Crippen molar-refractivity contribution in [2.75, 3.05) is 33.0 Å². The van der Waals surface area contributed by atoms with Crippen molar-refractivity contribution in [2.45, 2.75) is 12.5 Å². The highest BCUT2D eigenvalue weighted by Gasteiger charge is 2.29. The number of H-pyrrole nitrogens is 1. The molecule has 3 heterocycles. The van der Waals surface area contributed by atoms with E-state index in [2.05, 4.69) is 28.6 Å². The van der Waals surface area contributed by atoms with Gasteiger partial charge in [0.05, 0.1) is 46.8 Å². The summed E-state index contributed by atoms with van der Waals surface area (Å²) in [6.45, 7) is 4.51. The van der Waals surface area contributed by atoms with Gasteiger partial charge in [-0.1, -0.05) is 41.6 Å². The summed E-state index contributed by atoms with van der Waals surface area (Å²) in [4.78, 5) is 26.4. The molecule has 4 rings (SSSR count). The topological polar surface area (TPSA) is 115 Å². The third-order valence-electron chi connectivity index (χ3n) is 5.72. The molecule has 0 aliphatic carbocycles. The van der Waals surface area contributed by atoms with Crippen LogP contribution in [-0.4, -0.2) is 52.9 Å². The number of rotatable bonds is 4. The number of amides is 1. The molecule has 1 saturated heterocycles. The lowest BCUT2D eigenvalue weighted by molar-refractivity contribution is -0.125. The number of likely N-dealkylation sites (tertiary alicyclic amines) is 1. The fourth-order valence-corrected chi connectivity index (χ4v) is 4.64. The van der Waals surface area contributed by atoms with Crippen LogP contribution in [0.15, 0.2) is 29.7 Å². The first-order chi connectivity index (χ1) is 16.3. The smallest absolute Gasteiger partial charge is 0.288 e. The lowest BCUT2D eigenvalue weighted by Gasteiger charge is -2.16. The lowest BCUT2D eigenvalue weighted by atomic mass is 10.1. The van der Waals surface area contributed by atoms with Crippen molar-refractivity contribution in [3.05, 3.63) is 56.4 Å². The van der Waals surface area contributed by atoms with Gasteiger partial charge in [0.25, 0.3) is 5.56 Å². The van der Waals surface area contributed by atoms with Crippen molar-refractivity contribution in [2.24, 2.45) is 0 Å². The van der Waals surface area contributed by atoms with Crippen LogP contribution >= 0.6 is 23.2 Å². The molecule has 1 fully saturated rings. The highest BCUT2D eigenvalue weighted by atomic mass is 35.5. The van der Waals surface area contributed by atoms with Crippen LogP contribution in [0.3, 0.4) is 0 Å². The van der Waals surface area contributed by atoms with E-state index in [0.29, 0.717) is 53.0 Å². The van der Waals surface area contributed by atoms with E-state index in [1.165, 1.54) is 20.3 Å². The molecule has 1 unspecified atom stereocenters. The Morgan fingerprint density at radius 2 is 1.97 bits per heavy atom. The molecule has 3 N–H and O–H groups in total. The zero-order valence-electron chi connectivity index (χ0n) is 18.4. The molecule has 0 spiro atoms. The van der Waals surface area contributed by atoms with Crippen LogP contribution in [0.2, 0.25) is 10.0 Å². The Labute approximate surface area is 205 Å². The van der Waals surface area contributed by atoms with Crippen LogP contribution in [-0.2, 0) is 4.79 Å². The number of carbonyl (C=O) groups excluding carboxylic acids is 1. The van der Waals surface area contributed by atoms with Gasteiger partial charge in [-0.2, -0.15) is 5.10 Å². The summed E-state index contributed by atoms with van der Waals surface area (Å²) in [6, 6.07) is 1.42. The maximum atomic E-state index is 12.7. The van der Waals surface area contributed by atoms with Crippen molar-refractivity contribution in [3.8, 4) is 23.3 Å². The third kappa shape index (κ3) is 3.95. The summed E-state index contributed by atoms with van der Waals surface area (Å²) in [5.41, 5.74) is 6.81. The van der Waals surface area contributed by atoms with Crippen LogP contribution in [0.1, 0.15) is 23.6 Å². The number of hydrogen-bond donors (Lipinski definition) is 2. The number of nitrogens with zero attached hydrogens (tertiary/aromatic N) is 3. The van der Waals surface area contributed by atoms with E-state index in [1.807, 2.05) is 0 Å². The molecule has 3 aromatic rings. The van der Waals surface area contributed by atoms with E-state index in [-0.39, 0.29) is 27.8 Å². The SMILES string of the molecule is C=CC(=O)N1CCC(n2cc(C#Cc3c(Cl)c(OC)cc(OC)c3Cl)c3c(N)n[nH]c(=O)c32)C1. The van der Waals surface area contributed by atoms with Crippen molar-refractivity contribution in [3.63, 3.8) is 0 Å². The first-order valence-corrected chi connectivity index (χ1v) is 11.0. The number of fused-ring (bicyclic) bond motifs is 1. The van der Waals surface area contributed by atoms with Crippen LogP contribution in [0.5, 0.6) is 11.5 Å². The van der Waals surface area contributed by atoms with Gasteiger partial charge >= 0.3 is 0 Å². The third-order valence-corrected chi connectivity index (χ3v) is 6.47. The first-order valence-electron chi connectivity index (χ1n) is 10.2. The Morgan fingerprint density at radius 1 is 1.29 bits per heavy atom. The van der Waals surface area contributed by atoms with E-state index in [9.17, 15) is 9.59 Å². The molecular formula is C23H21Cl2N5O4. The highest BCUT2D eigenvalue weighted by Crippen LogP contribution is 2.40. The van der Waals surface area contributed by atoms with Crippen LogP contribution in [0, 0.1) is 11.8 Å². The molecule has 1 aliphatic rings. The number of nitrogen functional groups attached to an aromatic ring is 1. The van der Waals surface area contributed by atoms with Crippen LogP contribution in [0.4, 0.5) is 5.82 Å². The molecule has 9 nitrogen and oxygen atoms in total. The van der Waals surface area contributed by atoms with Gasteiger partial charge in [-0.15, -0.1) is 0 Å². The minimum absolute atomic E-state index is 0.120. The fourth-order valence-electron chi connectivity index (χ4n) is 4.04. The molecule has 176 valence electrons. The quantitative estimate of drug-likeness (QED) is 0.419. The fraction of sp³-hybridized carbons (Fsp3) is 0.261. The zero-order valence-corrected chi connectivity index (χ0v) is 20.0. The summed E-state index contributed by atoms with van der Waals surface area (Å²) in [6.07, 6.45) is 3.66. The predicted molar refractivity (Wildman–Crippen MR) is 131 cm³/mol. The first kappa shape index (κ1) is 23.5. The van der Waals surface area contributed by atoms with Crippen molar-refractivity contribution < 1.29 is 14.3 Å². The van der Waals surface area contributed by atoms with Gasteiger partial charge in [0.1, 0.15) is 17.0 Å². The van der Waals surface area contributed by atoms with Gasteiger partial charge in [0.15, 0.2) is 5.82 Å². The van der Waals surface area contributed by atoms with Gasteiger partial charge in [-0.05, 0) is 12.5 Å². The Kier molecular flexibility index (Phi) is 6.46. The molecule has 0 bridgehead atoms. The molecule has 2 aromatic heterocycles. The Balaban J connectivity index is 1.87. The van der Waals surface area contributed by atoms with Crippen LogP contribution < -0.4 is 20.8 Å². The average Bonchev–Trinajstić information content (AvgIpc) is 3.47. The second-order valence-corrected chi connectivity index (χ2v) is 8.33. The minimum atomic E-state index is -0.412. The Bertz CT molecular complexity index is 1410. The number of halogens is 2. The predicted octanol–water partition coefficient (Wildman–Crippen LogP) is 2.99. The van der Waals surface area contributed by atoms with Gasteiger partial charge < -0.3 is 24.7 Å². The molecule has 34 heavy (non-hydrogen) atoms. The second kappa shape index (κ2) is 9.33. The number of nitrogens with two attached hydrogens (primary N) is 1. The van der Waals surface area contributed by atoms with E-state index in [0.717, 1.165) is 0 Å². The van der Waals surface area contributed by atoms with Crippen molar-refractivity contribution in [1.29, 1.82) is 0 Å². The van der Waals surface area contributed by atoms with Crippen molar-refractivity contribution in [1.82, 2.24) is 19.7 Å². The summed E-state index contributed by atoms with van der Waals surface area (Å²) in [7, 11) is 2.94. The largest absolute Gasteiger partial charge is 0.495 e. The van der Waals surface area contributed by atoms with E-state index in [1.54, 1.807) is 21.7 Å². The molecule has 1 aromatic carbocycles. The minimum Gasteiger partial charge on any atom is -0.495 e. The van der Waals surface area contributed by atoms with E-state index >= 15 is 0 Å². The number of benzene rings is 1. The Hall–Kier alpha value is -3.61. The number of anilines is 1. The van der Waals surface area contributed by atoms with Gasteiger partial charge in [0.2, 0.25) is 5.91 Å². The number of nitrogens with one attached hydrogen (secondary N) is 1. The molecule has 1 atom stereocenters. The van der Waals surface area contributed by atoms with Gasteiger partial charge in [0, 0.05) is 25.4 Å². The van der Waals surface area contributed by atoms with Gasteiger partial charge in [-0.3, -0.25) is 9.59 Å². The van der Waals surface area contributed by atoms with E-state index in [4.69, 9.17) is 38.4 Å². The number of ether oxygens (including phenoxy) is 2. The van der Waals surface area contributed by atoms with E-state index < -0.39 is 5.56 Å². The standard InChI is InChI=1S/C23H21Cl2N5O4/c1-4-17(31)29-8-7-13(11-29)30-10-12(18-21(30)23(32)28-27-22(18)26)5-6-14-19(24)15(33-2)9-16(34-3)20(14)25/h4,9-10,13H,1,7-8,11H2,2-3H3,(H2,26,27)(H,28,32). The summed E-state index contributed by atoms with van der Waals surface area (Å²) in [5, 5.41) is 7.17. The highest BCUT2D eigenvalue weighted by molar-refractivity contribution is 6.38. The average molecular weight is 502 g/mol. The van der Waals surface area contributed by atoms with Crippen molar-refractivity contribution >= 4 is 45.8 Å². The number of aromatic amines is 1. The maximum Gasteiger partial charge on any atom is 0.288 e. The molecular weight excluding hydrogens is 481 g/mol. The molecule has 0 saturated carbocycles. The maximum absolute atomic E-state index is 12.7. The lowest BCUT2D eigenvalue weighted by Crippen LogP contribution is -2.27. The number of hydrogen-bond acceptors (Lipinski definition) is 6. The number of aromatic nitrogens is 3. The number of methoxy groups -OCH3 is 2. The zero-order chi connectivity index (χ0) is 24.6. The second-order valence-electron chi connectivity index (χ2n) is 7.58. The summed E-state index contributed by atoms with van der Waals surface area (Å²) in [5.74, 6) is 6.65. The molecule has 1 aliphatic heterocycles. The molecule has 1 amide bonds. The van der Waals surface area contributed by atoms with Crippen LogP contribution in [0.25, 0.3) is 10.9 Å². The molecule has 11 heteroatoms. The summed E-state index contributed by atoms with van der Waals surface area (Å²) >= 11 is 12.9. The monoisotopic (exact) mass is 501 g/mol. The normalized spacial score (nSPS) is 15.2. The molecule has 0 radical (unpaired) electrons. The summed E-state index contributed by atoms with van der Waals surface area (Å²) < 4.78 is 12.4. The number of carbonyl (C=O) groups is 1. The van der Waals surface area contributed by atoms with Gasteiger partial charge in [-0.25, -0.2) is 5.10 Å². The Morgan fingerprint density at radius 3 is 2.59 bits per heavy atom.